The third-order valence-electron chi connectivity index (χ3n) is 9.80. The van der Waals surface area contributed by atoms with Gasteiger partial charge in [-0.15, -0.1) is 0 Å². The molecule has 4 saturated heterocycles. The molecular formula is C30H32O12. The first-order chi connectivity index (χ1) is 20.1. The van der Waals surface area contributed by atoms with Crippen LogP contribution in [-0.4, -0.2) is 99.6 Å². The molecule has 0 spiro atoms. The molecule has 3 saturated carbocycles. The van der Waals surface area contributed by atoms with Gasteiger partial charge in [0.2, 0.25) is 0 Å². The molecule has 3 aliphatic carbocycles. The van der Waals surface area contributed by atoms with E-state index in [4.69, 9.17) is 28.4 Å². The molecule has 2 aromatic carbocycles. The Morgan fingerprint density at radius 1 is 0.952 bits per heavy atom. The molecule has 9 rings (SSSR count). The zero-order valence-electron chi connectivity index (χ0n) is 22.7. The number of ether oxygens (including phenoxy) is 6. The third kappa shape index (κ3) is 3.64. The second kappa shape index (κ2) is 9.53. The summed E-state index contributed by atoms with van der Waals surface area (Å²) in [6, 6.07) is 16.5. The third-order valence-corrected chi connectivity index (χ3v) is 9.80. The lowest BCUT2D eigenvalue weighted by atomic mass is 9.41. The minimum absolute atomic E-state index is 0.0470. The molecule has 0 amide bonds. The highest BCUT2D eigenvalue weighted by Gasteiger charge is 2.94. The van der Waals surface area contributed by atoms with Crippen LogP contribution in [0.25, 0.3) is 0 Å². The number of hydrogen-bond acceptors (Lipinski definition) is 12. The van der Waals surface area contributed by atoms with Gasteiger partial charge in [0.25, 0.3) is 0 Å². The zero-order valence-corrected chi connectivity index (χ0v) is 22.7. The quantitative estimate of drug-likeness (QED) is 0.318. The summed E-state index contributed by atoms with van der Waals surface area (Å²) in [5.41, 5.74) is -3.04. The summed E-state index contributed by atoms with van der Waals surface area (Å²) < 4.78 is 36.3. The van der Waals surface area contributed by atoms with Crippen molar-refractivity contribution in [1.82, 2.24) is 0 Å². The summed E-state index contributed by atoms with van der Waals surface area (Å²) in [5, 5.41) is 43.0. The molecule has 6 bridgehead atoms. The molecule has 11 atom stereocenters. The molecule has 4 N–H and O–H groups in total. The van der Waals surface area contributed by atoms with Crippen LogP contribution >= 0.6 is 0 Å². The maximum atomic E-state index is 13.0. The van der Waals surface area contributed by atoms with Gasteiger partial charge in [-0.3, -0.25) is 0 Å². The fraction of sp³-hybridized carbons (Fsp3) is 0.533. The van der Waals surface area contributed by atoms with Gasteiger partial charge < -0.3 is 48.8 Å². The van der Waals surface area contributed by atoms with Crippen LogP contribution in [0.4, 0.5) is 0 Å². The maximum absolute atomic E-state index is 13.0. The van der Waals surface area contributed by atoms with Gasteiger partial charge in [0.1, 0.15) is 36.1 Å². The molecule has 0 unspecified atom stereocenters. The summed E-state index contributed by atoms with van der Waals surface area (Å²) in [6.07, 6.45) is -8.19. The lowest BCUT2D eigenvalue weighted by Crippen LogP contribution is -2.81. The second-order valence-corrected chi connectivity index (χ2v) is 11.9. The lowest BCUT2D eigenvalue weighted by molar-refractivity contribution is -0.423. The van der Waals surface area contributed by atoms with E-state index in [-0.39, 0.29) is 25.0 Å². The number of aliphatic hydroxyl groups is 4. The van der Waals surface area contributed by atoms with Crippen molar-refractivity contribution in [3.8, 4) is 0 Å². The molecule has 0 radical (unpaired) electrons. The first-order valence-electron chi connectivity index (χ1n) is 13.9. The zero-order chi connectivity index (χ0) is 29.5. The Kier molecular flexibility index (Phi) is 6.32. The van der Waals surface area contributed by atoms with E-state index in [1.807, 2.05) is 0 Å². The van der Waals surface area contributed by atoms with Crippen LogP contribution in [-0.2, 0) is 28.4 Å². The molecule has 4 aliphatic heterocycles. The van der Waals surface area contributed by atoms with Crippen molar-refractivity contribution in [1.29, 1.82) is 0 Å². The molecular weight excluding hydrogens is 552 g/mol. The van der Waals surface area contributed by atoms with E-state index >= 15 is 0 Å². The average molecular weight is 585 g/mol. The molecule has 0 aromatic heterocycles. The molecule has 42 heavy (non-hydrogen) atoms. The number of esters is 2. The Labute approximate surface area is 240 Å². The Balaban J connectivity index is 1.21. The first kappa shape index (κ1) is 27.9. The van der Waals surface area contributed by atoms with E-state index in [9.17, 15) is 30.0 Å². The predicted molar refractivity (Wildman–Crippen MR) is 138 cm³/mol. The molecule has 224 valence electrons. The van der Waals surface area contributed by atoms with Crippen LogP contribution in [0.1, 0.15) is 40.5 Å². The van der Waals surface area contributed by atoms with Gasteiger partial charge in [0.15, 0.2) is 24.5 Å². The Morgan fingerprint density at radius 2 is 1.60 bits per heavy atom. The first-order valence-corrected chi connectivity index (χ1v) is 13.9. The highest BCUT2D eigenvalue weighted by molar-refractivity contribution is 5.89. The monoisotopic (exact) mass is 584 g/mol. The fourth-order valence-electron chi connectivity index (χ4n) is 7.75. The van der Waals surface area contributed by atoms with E-state index in [2.05, 4.69) is 0 Å². The summed E-state index contributed by atoms with van der Waals surface area (Å²) >= 11 is 0. The molecule has 12 nitrogen and oxygen atoms in total. The fourth-order valence-corrected chi connectivity index (χ4v) is 7.75. The van der Waals surface area contributed by atoms with Crippen molar-refractivity contribution in [3.05, 3.63) is 71.8 Å². The van der Waals surface area contributed by atoms with Gasteiger partial charge in [-0.2, -0.15) is 0 Å². The van der Waals surface area contributed by atoms with E-state index in [1.54, 1.807) is 55.5 Å². The predicted octanol–water partition coefficient (Wildman–Crippen LogP) is 0.507. The van der Waals surface area contributed by atoms with Gasteiger partial charge in [0.05, 0.1) is 23.1 Å². The van der Waals surface area contributed by atoms with Gasteiger partial charge in [-0.25, -0.2) is 9.59 Å². The lowest BCUT2D eigenvalue weighted by Gasteiger charge is -2.67. The SMILES string of the molecule is C[C@@]12C[C@@]3(O)O[C@@H](O1)[C@@]1(COC(=O)c4ccccc4)[C@H]3C[C@@]12O[C@@H]1O[C@H](CO)[C@@H](O)[C@H](O)[C@H]1OC(=O)c1ccccc1. The van der Waals surface area contributed by atoms with Gasteiger partial charge >= 0.3 is 11.9 Å². The van der Waals surface area contributed by atoms with Crippen LogP contribution in [0.3, 0.4) is 0 Å². The van der Waals surface area contributed by atoms with Crippen LogP contribution in [0.5, 0.6) is 0 Å². The highest BCUT2D eigenvalue weighted by Crippen LogP contribution is 2.81. The Hall–Kier alpha value is -2.94. The standard InChI is InChI=1S/C30H32O12/c1-27-14-29(36)19-12-30(27,28(19,26(41-27)42-29)15-37-23(34)16-8-4-2-5-9-16)40-25-22(21(33)20(32)18(13-31)38-25)39-24(35)17-10-6-3-7-11-17/h2-11,18-22,25-26,31-33,36H,12-15H2,1H3/t18-,19-,20-,21+,22-,25+,26-,27+,28-,29-,30+/m1/s1. The average Bonchev–Trinajstić information content (AvgIpc) is 3.18. The van der Waals surface area contributed by atoms with Crippen LogP contribution in [0.15, 0.2) is 60.7 Å². The summed E-state index contributed by atoms with van der Waals surface area (Å²) in [7, 11) is 0. The van der Waals surface area contributed by atoms with Crippen molar-refractivity contribution in [3.63, 3.8) is 0 Å². The van der Waals surface area contributed by atoms with E-state index in [0.717, 1.165) is 0 Å². The van der Waals surface area contributed by atoms with Crippen molar-refractivity contribution in [2.45, 2.75) is 73.8 Å². The van der Waals surface area contributed by atoms with E-state index < -0.39 is 83.9 Å². The van der Waals surface area contributed by atoms with Crippen molar-refractivity contribution >= 4 is 11.9 Å². The van der Waals surface area contributed by atoms with Gasteiger partial charge in [-0.1, -0.05) is 36.4 Å². The number of carbonyl (C=O) groups is 2. The van der Waals surface area contributed by atoms with Crippen LogP contribution in [0.2, 0.25) is 0 Å². The number of carbonyl (C=O) groups excluding carboxylic acids is 2. The topological polar surface area (TPSA) is 170 Å². The molecule has 12 heteroatoms. The number of benzene rings is 2. The highest BCUT2D eigenvalue weighted by atomic mass is 16.8. The summed E-state index contributed by atoms with van der Waals surface area (Å²) in [4.78, 5) is 26.0. The minimum atomic E-state index is -1.67. The maximum Gasteiger partial charge on any atom is 0.338 e. The smallest absolute Gasteiger partial charge is 0.338 e. The van der Waals surface area contributed by atoms with Gasteiger partial charge in [0, 0.05) is 12.3 Å². The van der Waals surface area contributed by atoms with E-state index in [0.29, 0.717) is 5.56 Å². The Bertz CT molecular complexity index is 1370. The number of rotatable bonds is 8. The van der Waals surface area contributed by atoms with Crippen molar-refractivity contribution in [2.24, 2.45) is 11.3 Å². The molecule has 2 aromatic rings. The Morgan fingerprint density at radius 3 is 2.24 bits per heavy atom. The van der Waals surface area contributed by atoms with Crippen LogP contribution < -0.4 is 0 Å². The van der Waals surface area contributed by atoms with Gasteiger partial charge in [-0.05, 0) is 37.6 Å². The molecule has 7 aliphatic rings. The summed E-state index contributed by atoms with van der Waals surface area (Å²) in [5.74, 6) is -3.41. The van der Waals surface area contributed by atoms with Crippen molar-refractivity contribution < 1.29 is 58.4 Å². The normalized spacial score (nSPS) is 44.5. The second-order valence-electron chi connectivity index (χ2n) is 11.9. The summed E-state index contributed by atoms with van der Waals surface area (Å²) in [6.45, 7) is 0.891. The number of hydrogen-bond donors (Lipinski definition) is 4. The molecule has 7 fully saturated rings. The minimum Gasteiger partial charge on any atom is -0.461 e. The van der Waals surface area contributed by atoms with E-state index in [1.165, 1.54) is 12.1 Å². The van der Waals surface area contributed by atoms with Crippen molar-refractivity contribution in [2.75, 3.05) is 13.2 Å². The largest absolute Gasteiger partial charge is 0.461 e. The molecule has 4 heterocycles. The van der Waals surface area contributed by atoms with Crippen LogP contribution in [0, 0.1) is 11.3 Å². The number of aliphatic hydroxyl groups excluding tert-OH is 3.